The fraction of sp³-hybridized carbons (Fsp3) is 0.467. The standard InChI is InChI=1S/C15H18N2O2/c1-2-13-7-5-9-17(13)15(18)11-19-14-8-4-3-6-12(14)10-16/h3-4,6,8,13H,2,5,7,9,11H2,1H3. The van der Waals surface area contributed by atoms with Crippen molar-refractivity contribution in [2.45, 2.75) is 32.2 Å². The molecule has 4 nitrogen and oxygen atoms in total. The fourth-order valence-electron chi connectivity index (χ4n) is 2.50. The predicted octanol–water partition coefficient (Wildman–Crippen LogP) is 2.34. The maximum Gasteiger partial charge on any atom is 0.260 e. The fourth-order valence-corrected chi connectivity index (χ4v) is 2.50. The van der Waals surface area contributed by atoms with Crippen LogP contribution in [0.4, 0.5) is 0 Å². The van der Waals surface area contributed by atoms with Crippen LogP contribution in [0, 0.1) is 11.3 Å². The third-order valence-corrected chi connectivity index (χ3v) is 3.53. The maximum atomic E-state index is 12.1. The highest BCUT2D eigenvalue weighted by molar-refractivity contribution is 5.78. The molecule has 1 heterocycles. The Labute approximate surface area is 113 Å². The second-order valence-corrected chi connectivity index (χ2v) is 4.69. The molecule has 0 N–H and O–H groups in total. The quantitative estimate of drug-likeness (QED) is 0.833. The van der Waals surface area contributed by atoms with Gasteiger partial charge >= 0.3 is 0 Å². The monoisotopic (exact) mass is 258 g/mol. The van der Waals surface area contributed by atoms with Crippen LogP contribution in [0.2, 0.25) is 0 Å². The van der Waals surface area contributed by atoms with Crippen molar-refractivity contribution in [2.24, 2.45) is 0 Å². The largest absolute Gasteiger partial charge is 0.482 e. The first-order valence-corrected chi connectivity index (χ1v) is 6.67. The minimum Gasteiger partial charge on any atom is -0.482 e. The Morgan fingerprint density at radius 3 is 3.05 bits per heavy atom. The van der Waals surface area contributed by atoms with Gasteiger partial charge in [0, 0.05) is 12.6 Å². The zero-order valence-corrected chi connectivity index (χ0v) is 11.1. The number of benzene rings is 1. The van der Waals surface area contributed by atoms with Gasteiger partial charge in [-0.1, -0.05) is 19.1 Å². The van der Waals surface area contributed by atoms with Gasteiger partial charge in [0.15, 0.2) is 6.61 Å². The summed E-state index contributed by atoms with van der Waals surface area (Å²) in [5.41, 5.74) is 0.462. The van der Waals surface area contributed by atoms with Gasteiger partial charge in [-0.3, -0.25) is 4.79 Å². The molecule has 1 aromatic carbocycles. The lowest BCUT2D eigenvalue weighted by Crippen LogP contribution is -2.38. The number of ether oxygens (including phenoxy) is 1. The molecule has 0 radical (unpaired) electrons. The molecule has 1 aliphatic rings. The van der Waals surface area contributed by atoms with Crippen molar-refractivity contribution in [3.05, 3.63) is 29.8 Å². The van der Waals surface area contributed by atoms with E-state index in [1.165, 1.54) is 0 Å². The van der Waals surface area contributed by atoms with Gasteiger partial charge in [-0.15, -0.1) is 0 Å². The van der Waals surface area contributed by atoms with Crippen molar-refractivity contribution in [2.75, 3.05) is 13.2 Å². The molecule has 1 aliphatic heterocycles. The molecule has 1 atom stereocenters. The number of carbonyl (C=O) groups excluding carboxylic acids is 1. The summed E-state index contributed by atoms with van der Waals surface area (Å²) in [7, 11) is 0. The average Bonchev–Trinajstić information content (AvgIpc) is 2.93. The van der Waals surface area contributed by atoms with E-state index in [-0.39, 0.29) is 12.5 Å². The average molecular weight is 258 g/mol. The lowest BCUT2D eigenvalue weighted by atomic mass is 10.2. The van der Waals surface area contributed by atoms with Crippen LogP contribution >= 0.6 is 0 Å². The van der Waals surface area contributed by atoms with E-state index in [1.807, 2.05) is 4.90 Å². The summed E-state index contributed by atoms with van der Waals surface area (Å²) in [6, 6.07) is 9.38. The normalized spacial score (nSPS) is 18.1. The summed E-state index contributed by atoms with van der Waals surface area (Å²) in [6.45, 7) is 2.93. The second-order valence-electron chi connectivity index (χ2n) is 4.69. The molecule has 0 spiro atoms. The number of hydrogen-bond donors (Lipinski definition) is 0. The number of carbonyl (C=O) groups is 1. The first-order valence-electron chi connectivity index (χ1n) is 6.67. The molecule has 4 heteroatoms. The number of nitrogens with zero attached hydrogens (tertiary/aromatic N) is 2. The van der Waals surface area contributed by atoms with Crippen LogP contribution in [-0.4, -0.2) is 30.0 Å². The molecule has 1 unspecified atom stereocenters. The molecule has 0 aliphatic carbocycles. The van der Waals surface area contributed by atoms with Crippen molar-refractivity contribution in [1.29, 1.82) is 5.26 Å². The van der Waals surface area contributed by atoms with Gasteiger partial charge in [0.2, 0.25) is 0 Å². The van der Waals surface area contributed by atoms with Gasteiger partial charge in [0.25, 0.3) is 5.91 Å². The van der Waals surface area contributed by atoms with Crippen molar-refractivity contribution >= 4 is 5.91 Å². The lowest BCUT2D eigenvalue weighted by molar-refractivity contribution is -0.134. The van der Waals surface area contributed by atoms with Crippen molar-refractivity contribution in [3.63, 3.8) is 0 Å². The first-order chi connectivity index (χ1) is 9.26. The van der Waals surface area contributed by atoms with Gasteiger partial charge in [0.1, 0.15) is 11.8 Å². The number of likely N-dealkylation sites (tertiary alicyclic amines) is 1. The Kier molecular flexibility index (Phi) is 4.40. The number of hydrogen-bond acceptors (Lipinski definition) is 3. The van der Waals surface area contributed by atoms with E-state index in [2.05, 4.69) is 13.0 Å². The van der Waals surface area contributed by atoms with Crippen LogP contribution in [0.25, 0.3) is 0 Å². The molecular weight excluding hydrogens is 240 g/mol. The Morgan fingerprint density at radius 1 is 1.53 bits per heavy atom. The number of para-hydroxylation sites is 1. The third kappa shape index (κ3) is 3.05. The number of nitriles is 1. The molecule has 19 heavy (non-hydrogen) atoms. The Morgan fingerprint density at radius 2 is 2.32 bits per heavy atom. The Balaban J connectivity index is 1.95. The van der Waals surface area contributed by atoms with E-state index in [9.17, 15) is 4.79 Å². The first kappa shape index (κ1) is 13.4. The summed E-state index contributed by atoms with van der Waals surface area (Å²) in [5, 5.41) is 8.95. The van der Waals surface area contributed by atoms with Crippen LogP contribution in [-0.2, 0) is 4.79 Å². The van der Waals surface area contributed by atoms with E-state index < -0.39 is 0 Å². The molecular formula is C15H18N2O2. The molecule has 0 aromatic heterocycles. The zero-order valence-electron chi connectivity index (χ0n) is 11.1. The zero-order chi connectivity index (χ0) is 13.7. The molecule has 2 rings (SSSR count). The van der Waals surface area contributed by atoms with E-state index in [4.69, 9.17) is 10.00 Å². The minimum absolute atomic E-state index is 0.00912. The van der Waals surface area contributed by atoms with E-state index in [1.54, 1.807) is 24.3 Å². The summed E-state index contributed by atoms with van der Waals surface area (Å²) in [4.78, 5) is 14.0. The van der Waals surface area contributed by atoms with Gasteiger partial charge in [0.05, 0.1) is 5.56 Å². The molecule has 1 fully saturated rings. The lowest BCUT2D eigenvalue weighted by Gasteiger charge is -2.23. The van der Waals surface area contributed by atoms with Crippen LogP contribution < -0.4 is 4.74 Å². The number of amides is 1. The highest BCUT2D eigenvalue weighted by Crippen LogP contribution is 2.21. The van der Waals surface area contributed by atoms with Crippen LogP contribution in [0.3, 0.4) is 0 Å². The molecule has 100 valence electrons. The summed E-state index contributed by atoms with van der Waals surface area (Å²) >= 11 is 0. The van der Waals surface area contributed by atoms with Crippen molar-refractivity contribution in [3.8, 4) is 11.8 Å². The van der Waals surface area contributed by atoms with Crippen LogP contribution in [0.1, 0.15) is 31.7 Å². The highest BCUT2D eigenvalue weighted by Gasteiger charge is 2.27. The van der Waals surface area contributed by atoms with Crippen molar-refractivity contribution in [1.82, 2.24) is 4.90 Å². The molecule has 1 amide bonds. The van der Waals surface area contributed by atoms with Gasteiger partial charge in [-0.25, -0.2) is 0 Å². The van der Waals surface area contributed by atoms with E-state index in [0.717, 1.165) is 25.8 Å². The van der Waals surface area contributed by atoms with E-state index in [0.29, 0.717) is 17.4 Å². The summed E-state index contributed by atoms with van der Waals surface area (Å²) < 4.78 is 5.48. The predicted molar refractivity (Wildman–Crippen MR) is 71.7 cm³/mol. The number of rotatable bonds is 4. The van der Waals surface area contributed by atoms with E-state index >= 15 is 0 Å². The highest BCUT2D eigenvalue weighted by atomic mass is 16.5. The van der Waals surface area contributed by atoms with Crippen LogP contribution in [0.5, 0.6) is 5.75 Å². The summed E-state index contributed by atoms with van der Waals surface area (Å²) in [5.74, 6) is 0.489. The molecule has 1 aromatic rings. The van der Waals surface area contributed by atoms with Crippen LogP contribution in [0.15, 0.2) is 24.3 Å². The smallest absolute Gasteiger partial charge is 0.260 e. The van der Waals surface area contributed by atoms with Gasteiger partial charge < -0.3 is 9.64 Å². The minimum atomic E-state index is 0.00912. The molecule has 0 bridgehead atoms. The Bertz CT molecular complexity index is 493. The third-order valence-electron chi connectivity index (χ3n) is 3.53. The van der Waals surface area contributed by atoms with Crippen molar-refractivity contribution < 1.29 is 9.53 Å². The molecule has 1 saturated heterocycles. The summed E-state index contributed by atoms with van der Waals surface area (Å²) in [6.07, 6.45) is 3.14. The molecule has 0 saturated carbocycles. The Hall–Kier alpha value is -2.02. The topological polar surface area (TPSA) is 53.3 Å². The van der Waals surface area contributed by atoms with Gasteiger partial charge in [-0.2, -0.15) is 5.26 Å². The SMILES string of the molecule is CCC1CCCN1C(=O)COc1ccccc1C#N. The maximum absolute atomic E-state index is 12.1. The second kappa shape index (κ2) is 6.24. The van der Waals surface area contributed by atoms with Gasteiger partial charge in [-0.05, 0) is 31.4 Å².